The van der Waals surface area contributed by atoms with Gasteiger partial charge in [0.25, 0.3) is 0 Å². The standard InChI is InChI=1S/C11H16ClN3.C2H6/c1-2-9-8(5-6-13)10(12)15-11(14-9)7-3-4-7;1-2/h7H,2-6,13H2,1H3;1-2H3. The Hall–Kier alpha value is -0.670. The van der Waals surface area contributed by atoms with Gasteiger partial charge in [-0.25, -0.2) is 9.97 Å². The quantitative estimate of drug-likeness (QED) is 0.842. The Morgan fingerprint density at radius 1 is 1.29 bits per heavy atom. The summed E-state index contributed by atoms with van der Waals surface area (Å²) in [5, 5.41) is 0.606. The predicted molar refractivity (Wildman–Crippen MR) is 72.5 cm³/mol. The lowest BCUT2D eigenvalue weighted by molar-refractivity contribution is 0.830. The number of hydrogen-bond acceptors (Lipinski definition) is 3. The first kappa shape index (κ1) is 14.4. The highest BCUT2D eigenvalue weighted by molar-refractivity contribution is 6.30. The third-order valence-electron chi connectivity index (χ3n) is 2.73. The molecule has 0 aromatic carbocycles. The summed E-state index contributed by atoms with van der Waals surface area (Å²) in [7, 11) is 0. The van der Waals surface area contributed by atoms with E-state index in [4.69, 9.17) is 17.3 Å². The van der Waals surface area contributed by atoms with Gasteiger partial charge in [0, 0.05) is 17.2 Å². The zero-order chi connectivity index (χ0) is 12.8. The molecular weight excluding hydrogens is 234 g/mol. The highest BCUT2D eigenvalue weighted by Gasteiger charge is 2.28. The van der Waals surface area contributed by atoms with Crippen molar-refractivity contribution in [2.75, 3.05) is 6.54 Å². The van der Waals surface area contributed by atoms with Gasteiger partial charge >= 0.3 is 0 Å². The zero-order valence-electron chi connectivity index (χ0n) is 11.0. The van der Waals surface area contributed by atoms with E-state index in [-0.39, 0.29) is 0 Å². The van der Waals surface area contributed by atoms with Crippen LogP contribution in [0.15, 0.2) is 0 Å². The fourth-order valence-corrected chi connectivity index (χ4v) is 2.02. The Morgan fingerprint density at radius 2 is 1.94 bits per heavy atom. The van der Waals surface area contributed by atoms with Crippen molar-refractivity contribution in [2.45, 2.75) is 52.4 Å². The Morgan fingerprint density at radius 3 is 2.41 bits per heavy atom. The molecule has 1 fully saturated rings. The Kier molecular flexibility index (Phi) is 5.86. The maximum absolute atomic E-state index is 6.16. The Balaban J connectivity index is 0.000000686. The van der Waals surface area contributed by atoms with Gasteiger partial charge in [-0.2, -0.15) is 0 Å². The fourth-order valence-electron chi connectivity index (χ4n) is 1.73. The van der Waals surface area contributed by atoms with Crippen LogP contribution >= 0.6 is 11.6 Å². The molecule has 1 saturated carbocycles. The Bertz CT molecular complexity index is 362. The lowest BCUT2D eigenvalue weighted by Gasteiger charge is -2.09. The molecular formula is C13H22ClN3. The van der Waals surface area contributed by atoms with Crippen molar-refractivity contribution in [3.63, 3.8) is 0 Å². The SMILES string of the molecule is CC.CCc1nc(C2CC2)nc(Cl)c1CCN. The van der Waals surface area contributed by atoms with Crippen molar-refractivity contribution in [1.82, 2.24) is 9.97 Å². The lowest BCUT2D eigenvalue weighted by Crippen LogP contribution is -2.10. The molecule has 0 radical (unpaired) electrons. The van der Waals surface area contributed by atoms with E-state index >= 15 is 0 Å². The summed E-state index contributed by atoms with van der Waals surface area (Å²) < 4.78 is 0. The minimum atomic E-state index is 0.555. The molecule has 1 aliphatic rings. The van der Waals surface area contributed by atoms with Gasteiger partial charge in [-0.3, -0.25) is 0 Å². The van der Waals surface area contributed by atoms with Gasteiger partial charge in [0.05, 0.1) is 0 Å². The number of halogens is 1. The van der Waals surface area contributed by atoms with Crippen LogP contribution in [0.25, 0.3) is 0 Å². The average molecular weight is 256 g/mol. The molecule has 1 aliphatic carbocycles. The molecule has 0 aliphatic heterocycles. The van der Waals surface area contributed by atoms with E-state index < -0.39 is 0 Å². The molecule has 3 nitrogen and oxygen atoms in total. The van der Waals surface area contributed by atoms with Crippen LogP contribution in [0, 0.1) is 0 Å². The van der Waals surface area contributed by atoms with Crippen molar-refractivity contribution in [3.8, 4) is 0 Å². The van der Waals surface area contributed by atoms with Gasteiger partial charge in [-0.15, -0.1) is 0 Å². The van der Waals surface area contributed by atoms with Crippen LogP contribution in [0.4, 0.5) is 0 Å². The molecule has 0 spiro atoms. The normalized spacial score (nSPS) is 14.2. The summed E-state index contributed by atoms with van der Waals surface area (Å²) in [6, 6.07) is 0. The van der Waals surface area contributed by atoms with E-state index in [1.165, 1.54) is 12.8 Å². The molecule has 17 heavy (non-hydrogen) atoms. The first-order chi connectivity index (χ1) is 8.26. The molecule has 4 heteroatoms. The van der Waals surface area contributed by atoms with Crippen molar-refractivity contribution in [2.24, 2.45) is 5.73 Å². The number of nitrogens with two attached hydrogens (primary N) is 1. The number of hydrogen-bond donors (Lipinski definition) is 1. The summed E-state index contributed by atoms with van der Waals surface area (Å²) in [4.78, 5) is 8.94. The largest absolute Gasteiger partial charge is 0.330 e. The number of nitrogens with zero attached hydrogens (tertiary/aromatic N) is 2. The van der Waals surface area contributed by atoms with Crippen molar-refractivity contribution < 1.29 is 0 Å². The van der Waals surface area contributed by atoms with E-state index in [0.29, 0.717) is 17.6 Å². The van der Waals surface area contributed by atoms with E-state index in [1.54, 1.807) is 0 Å². The zero-order valence-corrected chi connectivity index (χ0v) is 11.7. The minimum Gasteiger partial charge on any atom is -0.330 e. The third-order valence-corrected chi connectivity index (χ3v) is 3.04. The molecule has 0 amide bonds. The predicted octanol–water partition coefficient (Wildman–Crippen LogP) is 3.10. The van der Waals surface area contributed by atoms with Crippen LogP contribution in [0.2, 0.25) is 5.15 Å². The van der Waals surface area contributed by atoms with Crippen LogP contribution < -0.4 is 5.73 Å². The lowest BCUT2D eigenvalue weighted by atomic mass is 10.1. The van der Waals surface area contributed by atoms with Gasteiger partial charge in [-0.05, 0) is 32.2 Å². The maximum atomic E-state index is 6.16. The first-order valence-electron chi connectivity index (χ1n) is 6.51. The van der Waals surface area contributed by atoms with Crippen molar-refractivity contribution in [3.05, 3.63) is 22.2 Å². The molecule has 2 N–H and O–H groups in total. The molecule has 1 aromatic heterocycles. The van der Waals surface area contributed by atoms with Crippen LogP contribution in [0.1, 0.15) is 56.6 Å². The number of aryl methyl sites for hydroxylation is 1. The molecule has 96 valence electrons. The van der Waals surface area contributed by atoms with Crippen LogP contribution in [0.5, 0.6) is 0 Å². The van der Waals surface area contributed by atoms with Crippen LogP contribution in [-0.4, -0.2) is 16.5 Å². The number of aromatic nitrogens is 2. The molecule has 0 bridgehead atoms. The third kappa shape index (κ3) is 3.65. The fraction of sp³-hybridized carbons (Fsp3) is 0.692. The second kappa shape index (κ2) is 6.92. The molecule has 1 aromatic rings. The van der Waals surface area contributed by atoms with E-state index in [0.717, 1.165) is 29.9 Å². The summed E-state index contributed by atoms with van der Waals surface area (Å²) in [5.41, 5.74) is 7.65. The van der Waals surface area contributed by atoms with E-state index in [1.807, 2.05) is 13.8 Å². The maximum Gasteiger partial charge on any atom is 0.136 e. The highest BCUT2D eigenvalue weighted by atomic mass is 35.5. The Labute approximate surface area is 109 Å². The smallest absolute Gasteiger partial charge is 0.136 e. The molecule has 0 saturated heterocycles. The van der Waals surface area contributed by atoms with E-state index in [9.17, 15) is 0 Å². The summed E-state index contributed by atoms with van der Waals surface area (Å²) in [5.74, 6) is 1.48. The summed E-state index contributed by atoms with van der Waals surface area (Å²) in [6.45, 7) is 6.69. The highest BCUT2D eigenvalue weighted by Crippen LogP contribution is 2.39. The summed E-state index contributed by atoms with van der Waals surface area (Å²) in [6.07, 6.45) is 4.08. The first-order valence-corrected chi connectivity index (χ1v) is 6.89. The monoisotopic (exact) mass is 255 g/mol. The second-order valence-corrected chi connectivity index (χ2v) is 4.32. The van der Waals surface area contributed by atoms with Gasteiger partial charge in [0.2, 0.25) is 0 Å². The molecule has 2 rings (SSSR count). The molecule has 0 atom stereocenters. The number of rotatable bonds is 4. The van der Waals surface area contributed by atoms with Crippen LogP contribution in [0.3, 0.4) is 0 Å². The van der Waals surface area contributed by atoms with Crippen molar-refractivity contribution in [1.29, 1.82) is 0 Å². The van der Waals surface area contributed by atoms with Gasteiger partial charge in [0.1, 0.15) is 11.0 Å². The molecule has 1 heterocycles. The van der Waals surface area contributed by atoms with Crippen LogP contribution in [-0.2, 0) is 12.8 Å². The second-order valence-electron chi connectivity index (χ2n) is 3.96. The topological polar surface area (TPSA) is 51.8 Å². The van der Waals surface area contributed by atoms with Gasteiger partial charge in [0.15, 0.2) is 0 Å². The van der Waals surface area contributed by atoms with Gasteiger partial charge in [-0.1, -0.05) is 32.4 Å². The van der Waals surface area contributed by atoms with Crippen molar-refractivity contribution >= 4 is 11.6 Å². The average Bonchev–Trinajstić information content (AvgIpc) is 3.18. The summed E-state index contributed by atoms with van der Waals surface area (Å²) >= 11 is 6.16. The van der Waals surface area contributed by atoms with E-state index in [2.05, 4.69) is 16.9 Å². The molecule has 0 unspecified atom stereocenters. The minimum absolute atomic E-state index is 0.555. The van der Waals surface area contributed by atoms with Gasteiger partial charge < -0.3 is 5.73 Å².